The molecule has 3 heteroatoms. The van der Waals surface area contributed by atoms with Crippen LogP contribution in [0.4, 0.5) is 0 Å². The largest absolute Gasteiger partial charge is 0.237 e. The number of hydrogen-bond acceptors (Lipinski definition) is 2. The molecule has 2 nitrogen and oxygen atoms in total. The fourth-order valence-electron chi connectivity index (χ4n) is 6.18. The van der Waals surface area contributed by atoms with E-state index in [4.69, 9.17) is 9.98 Å². The summed E-state index contributed by atoms with van der Waals surface area (Å²) in [6.07, 6.45) is 36.1. The third-order valence-electron chi connectivity index (χ3n) is 8.36. The smallest absolute Gasteiger partial charge is 0.139 e. The molecule has 0 amide bonds. The lowest BCUT2D eigenvalue weighted by Crippen LogP contribution is -2.10. The summed E-state index contributed by atoms with van der Waals surface area (Å²) in [7, 11) is 0. The monoisotopic (exact) mass is 498 g/mol. The van der Waals surface area contributed by atoms with Crippen molar-refractivity contribution in [3.63, 3.8) is 0 Å². The van der Waals surface area contributed by atoms with Crippen LogP contribution in [0, 0.1) is 11.8 Å². The summed E-state index contributed by atoms with van der Waals surface area (Å²) in [5.74, 6) is 3.29. The average Bonchev–Trinajstić information content (AvgIpc) is 3.32. The molecule has 0 aromatic carbocycles. The van der Waals surface area contributed by atoms with Gasteiger partial charge in [0.15, 0.2) is 0 Å². The van der Waals surface area contributed by atoms with E-state index in [0.29, 0.717) is 11.8 Å². The summed E-state index contributed by atoms with van der Waals surface area (Å²) in [5, 5.41) is 1.40. The molecule has 0 bridgehead atoms. The summed E-state index contributed by atoms with van der Waals surface area (Å²) in [6, 6.07) is 0. The standard InChI is InChI=1S/C32H54N2S/c1-2-22-30(28-23-18-14-10-8-5-9-11-15-19-24-28)33-31-27-35-32(34-31)29-25-20-16-12-6-3-4-7-13-17-21-26-29/h2,22,28-29H,1,3-21,23-27H2/b30-22-,33-31?. The molecule has 0 aromatic heterocycles. The van der Waals surface area contributed by atoms with Crippen LogP contribution >= 0.6 is 11.8 Å². The van der Waals surface area contributed by atoms with E-state index in [9.17, 15) is 0 Å². The van der Waals surface area contributed by atoms with Crippen molar-refractivity contribution in [2.45, 2.75) is 148 Å². The first-order valence-electron chi connectivity index (χ1n) is 15.5. The first-order valence-corrected chi connectivity index (χ1v) is 16.5. The molecule has 2 fully saturated rings. The Labute approximate surface area is 222 Å². The third kappa shape index (κ3) is 11.8. The molecular formula is C32H54N2S. The second kappa shape index (κ2) is 18.4. The Balaban J connectivity index is 1.64. The molecule has 3 aliphatic rings. The van der Waals surface area contributed by atoms with E-state index < -0.39 is 0 Å². The van der Waals surface area contributed by atoms with Gasteiger partial charge in [0.05, 0.1) is 10.8 Å². The maximum absolute atomic E-state index is 5.22. The van der Waals surface area contributed by atoms with Gasteiger partial charge in [-0.3, -0.25) is 0 Å². The lowest BCUT2D eigenvalue weighted by molar-refractivity contribution is 0.433. The molecule has 2 saturated carbocycles. The van der Waals surface area contributed by atoms with Gasteiger partial charge in [-0.1, -0.05) is 135 Å². The number of aliphatic imine (C=N–C) groups is 2. The maximum Gasteiger partial charge on any atom is 0.139 e. The van der Waals surface area contributed by atoms with Crippen LogP contribution in [0.3, 0.4) is 0 Å². The number of amidine groups is 1. The van der Waals surface area contributed by atoms with Gasteiger partial charge in [0.25, 0.3) is 0 Å². The van der Waals surface area contributed by atoms with Crippen LogP contribution in [-0.4, -0.2) is 16.6 Å². The van der Waals surface area contributed by atoms with Gasteiger partial charge in [0.2, 0.25) is 0 Å². The van der Waals surface area contributed by atoms with Crippen LogP contribution in [0.5, 0.6) is 0 Å². The molecule has 198 valence electrons. The van der Waals surface area contributed by atoms with Crippen molar-refractivity contribution in [3.8, 4) is 0 Å². The molecule has 2 aliphatic carbocycles. The summed E-state index contributed by atoms with van der Waals surface area (Å²) in [4.78, 5) is 10.4. The van der Waals surface area contributed by atoms with Crippen LogP contribution in [0.2, 0.25) is 0 Å². The summed E-state index contributed by atoms with van der Waals surface area (Å²) in [6.45, 7) is 4.03. The van der Waals surface area contributed by atoms with Gasteiger partial charge in [0.1, 0.15) is 5.84 Å². The highest BCUT2D eigenvalue weighted by atomic mass is 32.2. The Morgan fingerprint density at radius 2 is 1.09 bits per heavy atom. The highest BCUT2D eigenvalue weighted by Gasteiger charge is 2.23. The fraction of sp³-hybridized carbons (Fsp3) is 0.812. The number of thioether (sulfide) groups is 1. The van der Waals surface area contributed by atoms with Crippen LogP contribution in [0.15, 0.2) is 34.4 Å². The van der Waals surface area contributed by atoms with Gasteiger partial charge in [0, 0.05) is 17.5 Å². The van der Waals surface area contributed by atoms with Gasteiger partial charge < -0.3 is 0 Å². The van der Waals surface area contributed by atoms with Crippen molar-refractivity contribution >= 4 is 22.6 Å². The van der Waals surface area contributed by atoms with Crippen molar-refractivity contribution < 1.29 is 0 Å². The lowest BCUT2D eigenvalue weighted by atomic mass is 9.90. The molecule has 0 saturated heterocycles. The molecule has 3 rings (SSSR count). The SMILES string of the molecule is C=C/C=C(\N=C1CSC(C2CCCCCCCCCCCC2)=N1)C1CCCCCCCCCCC1. The van der Waals surface area contributed by atoms with Crippen LogP contribution in [0.1, 0.15) is 148 Å². The molecule has 35 heavy (non-hydrogen) atoms. The third-order valence-corrected chi connectivity index (χ3v) is 9.49. The molecule has 0 radical (unpaired) electrons. The van der Waals surface area contributed by atoms with Gasteiger partial charge in [-0.2, -0.15) is 0 Å². The van der Waals surface area contributed by atoms with E-state index in [1.54, 1.807) is 0 Å². The Morgan fingerprint density at radius 3 is 1.54 bits per heavy atom. The Hall–Kier alpha value is -0.830. The number of hydrogen-bond donors (Lipinski definition) is 0. The predicted molar refractivity (Wildman–Crippen MR) is 159 cm³/mol. The van der Waals surface area contributed by atoms with Crippen molar-refractivity contribution in [1.82, 2.24) is 0 Å². The molecule has 0 atom stereocenters. The van der Waals surface area contributed by atoms with Crippen molar-refractivity contribution in [1.29, 1.82) is 0 Å². The quantitative estimate of drug-likeness (QED) is 0.354. The summed E-state index contributed by atoms with van der Waals surface area (Å²) >= 11 is 1.99. The molecule has 1 aliphatic heterocycles. The predicted octanol–water partition coefficient (Wildman–Crippen LogP) is 10.8. The highest BCUT2D eigenvalue weighted by Crippen LogP contribution is 2.32. The van der Waals surface area contributed by atoms with Gasteiger partial charge in [-0.05, 0) is 31.8 Å². The Kier molecular flexibility index (Phi) is 15.1. The molecule has 0 unspecified atom stereocenters. The zero-order valence-corrected chi connectivity index (χ0v) is 23.6. The number of allylic oxidation sites excluding steroid dienone is 3. The molecular weight excluding hydrogens is 444 g/mol. The first kappa shape index (κ1) is 28.7. The van der Waals surface area contributed by atoms with E-state index in [1.165, 1.54) is 158 Å². The Bertz CT molecular complexity index is 651. The maximum atomic E-state index is 5.22. The van der Waals surface area contributed by atoms with Gasteiger partial charge in [-0.25, -0.2) is 9.98 Å². The zero-order chi connectivity index (χ0) is 24.4. The minimum atomic E-state index is 0.578. The summed E-state index contributed by atoms with van der Waals surface area (Å²) < 4.78 is 0. The van der Waals surface area contributed by atoms with E-state index in [2.05, 4.69) is 12.7 Å². The lowest BCUT2D eigenvalue weighted by Gasteiger charge is -2.19. The molecule has 1 heterocycles. The summed E-state index contributed by atoms with van der Waals surface area (Å²) in [5.41, 5.74) is 1.26. The topological polar surface area (TPSA) is 24.7 Å². The van der Waals surface area contributed by atoms with Crippen molar-refractivity contribution in [2.24, 2.45) is 21.8 Å². The second-order valence-electron chi connectivity index (χ2n) is 11.4. The van der Waals surface area contributed by atoms with Gasteiger partial charge in [-0.15, -0.1) is 11.8 Å². The van der Waals surface area contributed by atoms with Crippen LogP contribution in [-0.2, 0) is 0 Å². The average molecular weight is 499 g/mol. The van der Waals surface area contributed by atoms with E-state index in [-0.39, 0.29) is 0 Å². The highest BCUT2D eigenvalue weighted by molar-refractivity contribution is 8.15. The van der Waals surface area contributed by atoms with Crippen LogP contribution in [0.25, 0.3) is 0 Å². The zero-order valence-electron chi connectivity index (χ0n) is 22.8. The number of rotatable bonds is 4. The number of nitrogens with zero attached hydrogens (tertiary/aromatic N) is 2. The molecule has 0 N–H and O–H groups in total. The fourth-order valence-corrected chi connectivity index (χ4v) is 7.22. The molecule has 0 spiro atoms. The van der Waals surface area contributed by atoms with Crippen molar-refractivity contribution in [2.75, 3.05) is 5.75 Å². The Morgan fingerprint density at radius 1 is 0.657 bits per heavy atom. The van der Waals surface area contributed by atoms with E-state index in [1.807, 2.05) is 17.8 Å². The van der Waals surface area contributed by atoms with Gasteiger partial charge >= 0.3 is 0 Å². The first-order chi connectivity index (χ1) is 17.4. The minimum Gasteiger partial charge on any atom is -0.237 e. The normalized spacial score (nSPS) is 26.0. The van der Waals surface area contributed by atoms with E-state index in [0.717, 1.165) is 11.6 Å². The minimum absolute atomic E-state index is 0.578. The second-order valence-corrected chi connectivity index (χ2v) is 12.4. The molecule has 0 aromatic rings. The van der Waals surface area contributed by atoms with E-state index >= 15 is 0 Å². The van der Waals surface area contributed by atoms with Crippen molar-refractivity contribution in [3.05, 3.63) is 24.4 Å². The van der Waals surface area contributed by atoms with Crippen LogP contribution < -0.4 is 0 Å².